The zero-order chi connectivity index (χ0) is 14.0. The number of hydrogen-bond donors (Lipinski definition) is 1. The minimum atomic E-state index is -0.307. The molecule has 0 amide bonds. The molecule has 1 heterocycles. The molecule has 0 fully saturated rings. The van der Waals surface area contributed by atoms with Crippen LogP contribution in [0.1, 0.15) is 12.5 Å². The molecule has 0 unspecified atom stereocenters. The summed E-state index contributed by atoms with van der Waals surface area (Å²) >= 11 is 3.39. The summed E-state index contributed by atoms with van der Waals surface area (Å²) in [4.78, 5) is 23.9. The number of nitrogens with zero attached hydrogens (tertiary/aromatic N) is 2. The minimum absolute atomic E-state index is 0.222. The van der Waals surface area contributed by atoms with Crippen molar-refractivity contribution in [2.45, 2.75) is 20.0 Å². The lowest BCUT2D eigenvalue weighted by Crippen LogP contribution is -2.39. The van der Waals surface area contributed by atoms with Gasteiger partial charge in [-0.25, -0.2) is 4.79 Å². The van der Waals surface area contributed by atoms with Crippen LogP contribution in [0.5, 0.6) is 0 Å². The molecule has 0 aliphatic heterocycles. The van der Waals surface area contributed by atoms with Gasteiger partial charge in [0.05, 0.1) is 6.54 Å². The first-order chi connectivity index (χ1) is 9.02. The summed E-state index contributed by atoms with van der Waals surface area (Å²) < 4.78 is 3.48. The minimum Gasteiger partial charge on any atom is -0.399 e. The molecule has 5 nitrogen and oxygen atoms in total. The quantitative estimate of drug-likeness (QED) is 0.868. The van der Waals surface area contributed by atoms with Crippen LogP contribution in [-0.2, 0) is 13.1 Å². The first kappa shape index (κ1) is 13.6. The Hall–Kier alpha value is -1.82. The van der Waals surface area contributed by atoms with Gasteiger partial charge in [-0.15, -0.1) is 0 Å². The van der Waals surface area contributed by atoms with Crippen LogP contribution < -0.4 is 17.0 Å². The predicted octanol–water partition coefficient (Wildman–Crippen LogP) is 1.42. The summed E-state index contributed by atoms with van der Waals surface area (Å²) in [7, 11) is 0. The van der Waals surface area contributed by atoms with Gasteiger partial charge in [0, 0.05) is 29.0 Å². The van der Waals surface area contributed by atoms with Gasteiger partial charge in [0.2, 0.25) is 0 Å². The molecule has 2 aromatic rings. The van der Waals surface area contributed by atoms with E-state index in [1.807, 2.05) is 6.92 Å². The lowest BCUT2D eigenvalue weighted by molar-refractivity contribution is 0.599. The number of benzene rings is 1. The number of nitrogens with two attached hydrogens (primary N) is 1. The molecular weight excluding hydrogens is 310 g/mol. The monoisotopic (exact) mass is 323 g/mol. The number of rotatable bonds is 3. The summed E-state index contributed by atoms with van der Waals surface area (Å²) in [5.41, 5.74) is 6.51. The molecule has 0 saturated heterocycles. The van der Waals surface area contributed by atoms with Crippen LogP contribution in [-0.4, -0.2) is 9.13 Å². The van der Waals surface area contributed by atoms with E-state index in [1.165, 1.54) is 21.4 Å². The Morgan fingerprint density at radius 2 is 2.00 bits per heavy atom. The van der Waals surface area contributed by atoms with Crippen LogP contribution in [0.3, 0.4) is 0 Å². The molecule has 1 aromatic heterocycles. The van der Waals surface area contributed by atoms with Gasteiger partial charge in [-0.2, -0.15) is 0 Å². The van der Waals surface area contributed by atoms with Crippen LogP contribution in [0.2, 0.25) is 0 Å². The summed E-state index contributed by atoms with van der Waals surface area (Å²) in [5, 5.41) is 0. The van der Waals surface area contributed by atoms with Crippen molar-refractivity contribution in [2.24, 2.45) is 0 Å². The first-order valence-corrected chi connectivity index (χ1v) is 6.66. The average molecular weight is 324 g/mol. The number of anilines is 1. The van der Waals surface area contributed by atoms with Gasteiger partial charge < -0.3 is 10.3 Å². The smallest absolute Gasteiger partial charge is 0.331 e. The number of halogens is 1. The average Bonchev–Trinajstić information content (AvgIpc) is 2.37. The van der Waals surface area contributed by atoms with E-state index in [0.29, 0.717) is 12.2 Å². The maximum Gasteiger partial charge on any atom is 0.331 e. The van der Waals surface area contributed by atoms with E-state index < -0.39 is 0 Å². The van der Waals surface area contributed by atoms with E-state index in [2.05, 4.69) is 15.9 Å². The molecule has 0 saturated carbocycles. The van der Waals surface area contributed by atoms with Gasteiger partial charge in [0.25, 0.3) is 5.56 Å². The molecule has 0 bridgehead atoms. The maximum absolute atomic E-state index is 12.1. The highest BCUT2D eigenvalue weighted by Crippen LogP contribution is 2.19. The summed E-state index contributed by atoms with van der Waals surface area (Å²) in [5.74, 6) is 0. The Kier molecular flexibility index (Phi) is 3.90. The van der Waals surface area contributed by atoms with Crippen LogP contribution in [0.15, 0.2) is 44.5 Å². The third-order valence-corrected chi connectivity index (χ3v) is 3.62. The standard InChI is InChI=1S/C13H14BrN3O2/c1-2-16-6-5-12(18)17(13(16)19)8-9-3-4-10(15)7-11(9)14/h3-7H,2,8,15H2,1H3. The fourth-order valence-corrected chi connectivity index (χ4v) is 2.33. The van der Waals surface area contributed by atoms with Crippen LogP contribution in [0.25, 0.3) is 0 Å². The van der Waals surface area contributed by atoms with Gasteiger partial charge >= 0.3 is 5.69 Å². The van der Waals surface area contributed by atoms with Crippen molar-refractivity contribution in [3.63, 3.8) is 0 Å². The molecule has 1 aromatic carbocycles. The van der Waals surface area contributed by atoms with Crippen LogP contribution >= 0.6 is 15.9 Å². The normalized spacial score (nSPS) is 10.6. The molecule has 0 atom stereocenters. The van der Waals surface area contributed by atoms with Crippen LogP contribution in [0, 0.1) is 0 Å². The molecular formula is C13H14BrN3O2. The van der Waals surface area contributed by atoms with E-state index in [9.17, 15) is 9.59 Å². The molecule has 2 rings (SSSR count). The molecule has 0 spiro atoms. The lowest BCUT2D eigenvalue weighted by atomic mass is 10.2. The predicted molar refractivity (Wildman–Crippen MR) is 78.3 cm³/mol. The Labute approximate surface area is 118 Å². The third kappa shape index (κ3) is 2.78. The lowest BCUT2D eigenvalue weighted by Gasteiger charge is -2.10. The Bertz CT molecular complexity index is 719. The molecule has 19 heavy (non-hydrogen) atoms. The number of aryl methyl sites for hydroxylation is 1. The van der Waals surface area contributed by atoms with E-state index in [1.54, 1.807) is 18.2 Å². The summed E-state index contributed by atoms with van der Waals surface area (Å²) in [6.07, 6.45) is 1.51. The summed E-state index contributed by atoms with van der Waals surface area (Å²) in [6, 6.07) is 6.69. The van der Waals surface area contributed by atoms with Gasteiger partial charge in [-0.1, -0.05) is 22.0 Å². The molecule has 100 valence electrons. The van der Waals surface area contributed by atoms with Gasteiger partial charge in [-0.3, -0.25) is 9.36 Å². The largest absolute Gasteiger partial charge is 0.399 e. The second-order valence-electron chi connectivity index (χ2n) is 4.16. The topological polar surface area (TPSA) is 70.0 Å². The van der Waals surface area contributed by atoms with E-state index in [0.717, 1.165) is 10.0 Å². The fourth-order valence-electron chi connectivity index (χ4n) is 1.81. The van der Waals surface area contributed by atoms with Gasteiger partial charge in [0.1, 0.15) is 0 Å². The van der Waals surface area contributed by atoms with Crippen LogP contribution in [0.4, 0.5) is 5.69 Å². The van der Waals surface area contributed by atoms with Crippen molar-refractivity contribution in [2.75, 3.05) is 5.73 Å². The van der Waals surface area contributed by atoms with Crippen molar-refractivity contribution < 1.29 is 0 Å². The highest BCUT2D eigenvalue weighted by atomic mass is 79.9. The number of hydrogen-bond acceptors (Lipinski definition) is 3. The highest BCUT2D eigenvalue weighted by Gasteiger charge is 2.07. The second kappa shape index (κ2) is 5.44. The molecule has 2 N–H and O–H groups in total. The molecule has 6 heteroatoms. The third-order valence-electron chi connectivity index (χ3n) is 2.89. The summed E-state index contributed by atoms with van der Waals surface area (Å²) in [6.45, 7) is 2.61. The first-order valence-electron chi connectivity index (χ1n) is 5.87. The molecule has 0 aliphatic carbocycles. The van der Waals surface area contributed by atoms with Crippen molar-refractivity contribution in [3.8, 4) is 0 Å². The highest BCUT2D eigenvalue weighted by molar-refractivity contribution is 9.10. The van der Waals surface area contributed by atoms with E-state index in [-0.39, 0.29) is 17.8 Å². The molecule has 0 aliphatic rings. The molecule has 0 radical (unpaired) electrons. The Morgan fingerprint density at radius 1 is 1.26 bits per heavy atom. The van der Waals surface area contributed by atoms with Gasteiger partial charge in [-0.05, 0) is 24.6 Å². The van der Waals surface area contributed by atoms with E-state index in [4.69, 9.17) is 5.73 Å². The zero-order valence-corrected chi connectivity index (χ0v) is 12.1. The SMILES string of the molecule is CCn1ccc(=O)n(Cc2ccc(N)cc2Br)c1=O. The van der Waals surface area contributed by atoms with Crippen molar-refractivity contribution in [3.05, 3.63) is 61.3 Å². The Balaban J connectivity index is 2.49. The van der Waals surface area contributed by atoms with E-state index >= 15 is 0 Å². The van der Waals surface area contributed by atoms with Crippen molar-refractivity contribution >= 4 is 21.6 Å². The van der Waals surface area contributed by atoms with Crippen molar-refractivity contribution in [1.29, 1.82) is 0 Å². The second-order valence-corrected chi connectivity index (χ2v) is 5.01. The fraction of sp³-hybridized carbons (Fsp3) is 0.231. The number of nitrogen functional groups attached to an aromatic ring is 1. The number of aromatic nitrogens is 2. The zero-order valence-electron chi connectivity index (χ0n) is 10.5. The Morgan fingerprint density at radius 3 is 2.63 bits per heavy atom. The van der Waals surface area contributed by atoms with Gasteiger partial charge in [0.15, 0.2) is 0 Å². The maximum atomic E-state index is 12.1. The van der Waals surface area contributed by atoms with Crippen molar-refractivity contribution in [1.82, 2.24) is 9.13 Å².